The number of halogens is 1. The van der Waals surface area contributed by atoms with Crippen LogP contribution in [0.1, 0.15) is 39.0 Å². The number of carbonyl (C=O) groups excluding carboxylic acids is 1. The van der Waals surface area contributed by atoms with E-state index in [0.717, 1.165) is 12.8 Å². The van der Waals surface area contributed by atoms with Crippen molar-refractivity contribution in [1.29, 1.82) is 0 Å². The van der Waals surface area contributed by atoms with E-state index in [2.05, 4.69) is 0 Å². The lowest BCUT2D eigenvalue weighted by Crippen LogP contribution is -2.48. The average Bonchev–Trinajstić information content (AvgIpc) is 1.90. The number of hydrogen-bond donors (Lipinski definition) is 0. The Labute approximate surface area is 83.6 Å². The second-order valence-corrected chi connectivity index (χ2v) is 5.09. The van der Waals surface area contributed by atoms with Crippen molar-refractivity contribution in [2.45, 2.75) is 50.5 Å². The first-order valence-electron chi connectivity index (χ1n) is 4.96. The Morgan fingerprint density at radius 3 is 2.54 bits per heavy atom. The summed E-state index contributed by atoms with van der Waals surface area (Å²) in [5.74, 6) is -0.263. The van der Waals surface area contributed by atoms with E-state index in [1.165, 1.54) is 19.3 Å². The topological polar surface area (TPSA) is 26.3 Å². The van der Waals surface area contributed by atoms with Crippen molar-refractivity contribution in [1.82, 2.24) is 0 Å². The van der Waals surface area contributed by atoms with Crippen LogP contribution in [0.4, 0.5) is 0 Å². The number of hydrogen-bond acceptors (Lipinski definition) is 2. The summed E-state index contributed by atoms with van der Waals surface area (Å²) in [5.41, 5.74) is 0.570. The zero-order valence-electron chi connectivity index (χ0n) is 7.88. The molecule has 0 amide bonds. The third-order valence-corrected chi connectivity index (χ3v) is 3.52. The molecule has 2 saturated carbocycles. The van der Waals surface area contributed by atoms with Gasteiger partial charge in [0.1, 0.15) is 11.5 Å². The molecule has 0 radical (unpaired) electrons. The molecule has 0 aromatic heterocycles. The monoisotopic (exact) mass is 202 g/mol. The number of rotatable bonds is 2. The molecule has 1 atom stereocenters. The van der Waals surface area contributed by atoms with Gasteiger partial charge in [0.2, 0.25) is 0 Å². The Morgan fingerprint density at radius 2 is 2.15 bits per heavy atom. The van der Waals surface area contributed by atoms with Crippen LogP contribution in [0.15, 0.2) is 0 Å². The van der Waals surface area contributed by atoms with Crippen LogP contribution in [0, 0.1) is 5.41 Å². The molecule has 1 spiro atoms. The van der Waals surface area contributed by atoms with E-state index < -0.39 is 5.38 Å². The lowest BCUT2D eigenvalue weighted by molar-refractivity contribution is -0.166. The minimum absolute atomic E-state index is 0.161. The summed E-state index contributed by atoms with van der Waals surface area (Å²) in [5, 5.41) is -0.502. The lowest BCUT2D eigenvalue weighted by Gasteiger charge is -2.53. The number of esters is 1. The molecule has 2 aliphatic carbocycles. The Hall–Kier alpha value is -0.240. The van der Waals surface area contributed by atoms with Crippen LogP contribution < -0.4 is 0 Å². The summed E-state index contributed by atoms with van der Waals surface area (Å²) in [4.78, 5) is 11.1. The van der Waals surface area contributed by atoms with Crippen molar-refractivity contribution in [2.75, 3.05) is 0 Å². The van der Waals surface area contributed by atoms with Gasteiger partial charge in [0, 0.05) is 0 Å². The molecular weight excluding hydrogens is 188 g/mol. The quantitative estimate of drug-likeness (QED) is 0.508. The molecule has 13 heavy (non-hydrogen) atoms. The molecule has 2 rings (SSSR count). The third-order valence-electron chi connectivity index (χ3n) is 3.34. The minimum atomic E-state index is -0.502. The van der Waals surface area contributed by atoms with Crippen LogP contribution >= 0.6 is 11.6 Å². The van der Waals surface area contributed by atoms with Crippen LogP contribution in [0.25, 0.3) is 0 Å². The second-order valence-electron chi connectivity index (χ2n) is 4.44. The number of carbonyl (C=O) groups is 1. The first-order valence-corrected chi connectivity index (χ1v) is 5.40. The average molecular weight is 203 g/mol. The summed E-state index contributed by atoms with van der Waals surface area (Å²) in [6.07, 6.45) is 6.32. The highest BCUT2D eigenvalue weighted by Crippen LogP contribution is 2.56. The van der Waals surface area contributed by atoms with Crippen LogP contribution in [-0.4, -0.2) is 17.5 Å². The summed E-state index contributed by atoms with van der Waals surface area (Å²) < 4.78 is 5.21. The predicted molar refractivity (Wildman–Crippen MR) is 50.7 cm³/mol. The Bertz CT molecular complexity index is 213. The summed E-state index contributed by atoms with van der Waals surface area (Å²) in [6, 6.07) is 0. The summed E-state index contributed by atoms with van der Waals surface area (Å²) in [6.45, 7) is 1.65. The van der Waals surface area contributed by atoms with Gasteiger partial charge < -0.3 is 4.74 Å². The second kappa shape index (κ2) is 3.16. The van der Waals surface area contributed by atoms with Crippen molar-refractivity contribution in [3.8, 4) is 0 Å². The molecule has 0 aromatic carbocycles. The maximum absolute atomic E-state index is 11.1. The van der Waals surface area contributed by atoms with E-state index >= 15 is 0 Å². The zero-order chi connectivity index (χ0) is 9.47. The van der Waals surface area contributed by atoms with Gasteiger partial charge in [0.05, 0.1) is 0 Å². The van der Waals surface area contributed by atoms with Gasteiger partial charge >= 0.3 is 5.97 Å². The molecule has 0 N–H and O–H groups in total. The van der Waals surface area contributed by atoms with Crippen LogP contribution in [-0.2, 0) is 9.53 Å². The Balaban J connectivity index is 1.72. The molecule has 0 unspecified atom stereocenters. The maximum atomic E-state index is 11.1. The van der Waals surface area contributed by atoms with E-state index in [0.29, 0.717) is 5.41 Å². The van der Waals surface area contributed by atoms with E-state index in [4.69, 9.17) is 16.3 Å². The molecule has 0 saturated heterocycles. The molecule has 2 nitrogen and oxygen atoms in total. The molecule has 2 fully saturated rings. The van der Waals surface area contributed by atoms with Crippen molar-refractivity contribution in [3.63, 3.8) is 0 Å². The molecule has 0 aliphatic heterocycles. The van der Waals surface area contributed by atoms with Gasteiger partial charge in [-0.15, -0.1) is 11.6 Å². The van der Waals surface area contributed by atoms with Gasteiger partial charge in [-0.25, -0.2) is 0 Å². The smallest absolute Gasteiger partial charge is 0.324 e. The highest BCUT2D eigenvalue weighted by atomic mass is 35.5. The fraction of sp³-hybridized carbons (Fsp3) is 0.900. The van der Waals surface area contributed by atoms with Gasteiger partial charge in [-0.2, -0.15) is 0 Å². The summed E-state index contributed by atoms with van der Waals surface area (Å²) in [7, 11) is 0. The zero-order valence-corrected chi connectivity index (χ0v) is 8.64. The van der Waals surface area contributed by atoms with Crippen LogP contribution in [0.5, 0.6) is 0 Å². The fourth-order valence-electron chi connectivity index (χ4n) is 2.33. The predicted octanol–water partition coefficient (Wildman–Crippen LogP) is 2.49. The lowest BCUT2D eigenvalue weighted by atomic mass is 9.55. The molecule has 3 heteroatoms. The SMILES string of the molecule is C[C@H](Cl)C(=O)OC1CC2(CCC2)C1. The first-order chi connectivity index (χ1) is 6.11. The Morgan fingerprint density at radius 1 is 1.54 bits per heavy atom. The van der Waals surface area contributed by atoms with E-state index in [1.54, 1.807) is 6.92 Å². The van der Waals surface area contributed by atoms with Gasteiger partial charge in [-0.1, -0.05) is 6.42 Å². The van der Waals surface area contributed by atoms with Crippen LogP contribution in [0.2, 0.25) is 0 Å². The van der Waals surface area contributed by atoms with Gasteiger partial charge in [0.15, 0.2) is 0 Å². The standard InChI is InChI=1S/C10H15ClO2/c1-7(11)9(12)13-8-5-10(6-8)3-2-4-10/h7-8H,2-6H2,1H3/t7-/m0/s1. The van der Waals surface area contributed by atoms with Gasteiger partial charge in [0.25, 0.3) is 0 Å². The van der Waals surface area contributed by atoms with Crippen molar-refractivity contribution >= 4 is 17.6 Å². The maximum Gasteiger partial charge on any atom is 0.324 e. The van der Waals surface area contributed by atoms with E-state index in [9.17, 15) is 4.79 Å². The van der Waals surface area contributed by atoms with Crippen molar-refractivity contribution in [3.05, 3.63) is 0 Å². The molecule has 74 valence electrons. The van der Waals surface area contributed by atoms with Gasteiger partial charge in [-0.05, 0) is 38.0 Å². The third kappa shape index (κ3) is 1.69. The highest BCUT2D eigenvalue weighted by molar-refractivity contribution is 6.29. The first kappa shape index (κ1) is 9.32. The van der Waals surface area contributed by atoms with Crippen molar-refractivity contribution < 1.29 is 9.53 Å². The molecule has 0 heterocycles. The van der Waals surface area contributed by atoms with Crippen molar-refractivity contribution in [2.24, 2.45) is 5.41 Å². The number of alkyl halides is 1. The number of ether oxygens (including phenoxy) is 1. The minimum Gasteiger partial charge on any atom is -0.461 e. The molecular formula is C10H15ClO2. The van der Waals surface area contributed by atoms with Gasteiger partial charge in [-0.3, -0.25) is 4.79 Å². The highest BCUT2D eigenvalue weighted by Gasteiger charge is 2.49. The van der Waals surface area contributed by atoms with Crippen LogP contribution in [0.3, 0.4) is 0 Å². The largest absolute Gasteiger partial charge is 0.461 e. The molecule has 0 aromatic rings. The normalized spacial score (nSPS) is 27.5. The summed E-state index contributed by atoms with van der Waals surface area (Å²) >= 11 is 5.60. The molecule has 2 aliphatic rings. The Kier molecular flexibility index (Phi) is 2.26. The van der Waals surface area contributed by atoms with E-state index in [-0.39, 0.29) is 12.1 Å². The fourth-order valence-corrected chi connectivity index (χ4v) is 2.38. The molecule has 0 bridgehead atoms. The van der Waals surface area contributed by atoms with E-state index in [1.807, 2.05) is 0 Å².